The largest absolute Gasteiger partial charge is 0.463 e. The third-order valence-corrected chi connectivity index (χ3v) is 4.77. The molecular formula is C21H19NO5. The van der Waals surface area contributed by atoms with Crippen LogP contribution in [0.3, 0.4) is 0 Å². The quantitative estimate of drug-likeness (QED) is 0.654. The molecule has 0 aliphatic heterocycles. The van der Waals surface area contributed by atoms with Gasteiger partial charge in [-0.05, 0) is 49.4 Å². The van der Waals surface area contributed by atoms with E-state index in [2.05, 4.69) is 4.74 Å². The lowest BCUT2D eigenvalue weighted by atomic mass is 9.90. The minimum absolute atomic E-state index is 0.0543. The Bertz CT molecular complexity index is 1020. The van der Waals surface area contributed by atoms with Gasteiger partial charge in [0.1, 0.15) is 12.4 Å². The topological polar surface area (TPSA) is 78.6 Å². The summed E-state index contributed by atoms with van der Waals surface area (Å²) in [7, 11) is 1.28. The summed E-state index contributed by atoms with van der Waals surface area (Å²) in [6.07, 6.45) is 3.81. The van der Waals surface area contributed by atoms with Crippen molar-refractivity contribution >= 4 is 22.8 Å². The fourth-order valence-corrected chi connectivity index (χ4v) is 3.48. The molecule has 1 aromatic carbocycles. The molecule has 1 aliphatic rings. The van der Waals surface area contributed by atoms with E-state index in [1.807, 2.05) is 24.3 Å². The van der Waals surface area contributed by atoms with Crippen LogP contribution in [-0.2, 0) is 28.9 Å². The van der Waals surface area contributed by atoms with E-state index in [9.17, 15) is 9.59 Å². The van der Waals surface area contributed by atoms with E-state index in [1.165, 1.54) is 13.2 Å². The number of rotatable bonds is 4. The fraction of sp³-hybridized carbons (Fsp3) is 0.286. The molecule has 0 saturated carbocycles. The van der Waals surface area contributed by atoms with Crippen molar-refractivity contribution in [3.05, 3.63) is 64.7 Å². The molecule has 0 bridgehead atoms. The first kappa shape index (κ1) is 17.3. The summed E-state index contributed by atoms with van der Waals surface area (Å²) >= 11 is 0. The van der Waals surface area contributed by atoms with Gasteiger partial charge in [-0.2, -0.15) is 0 Å². The number of carbonyl (C=O) groups excluding carboxylic acids is 2. The van der Waals surface area contributed by atoms with E-state index in [1.54, 1.807) is 6.07 Å². The minimum Gasteiger partial charge on any atom is -0.463 e. The number of methoxy groups -OCH3 is 1. The molecule has 2 aromatic heterocycles. The molecule has 0 fully saturated rings. The number of carbonyl (C=O) groups is 2. The number of fused-ring (bicyclic) bond motifs is 2. The first-order valence-electron chi connectivity index (χ1n) is 8.92. The highest BCUT2D eigenvalue weighted by Crippen LogP contribution is 2.30. The minimum atomic E-state index is -0.568. The molecule has 3 aromatic rings. The molecular weight excluding hydrogens is 346 g/mol. The molecule has 6 heteroatoms. The number of para-hydroxylation sites is 1. The Morgan fingerprint density at radius 3 is 2.74 bits per heavy atom. The van der Waals surface area contributed by atoms with Crippen molar-refractivity contribution in [1.82, 2.24) is 4.98 Å². The molecule has 0 spiro atoms. The number of aromatic nitrogens is 1. The van der Waals surface area contributed by atoms with Crippen LogP contribution in [0, 0.1) is 0 Å². The summed E-state index contributed by atoms with van der Waals surface area (Å²) in [4.78, 5) is 29.1. The van der Waals surface area contributed by atoms with Crippen molar-refractivity contribution in [1.29, 1.82) is 0 Å². The number of hydrogen-bond acceptors (Lipinski definition) is 6. The molecule has 0 amide bonds. The second kappa shape index (κ2) is 7.23. The monoisotopic (exact) mass is 365 g/mol. The number of esters is 2. The van der Waals surface area contributed by atoms with Crippen molar-refractivity contribution in [3.8, 4) is 0 Å². The molecule has 0 N–H and O–H groups in total. The smallest absolute Gasteiger partial charge is 0.373 e. The summed E-state index contributed by atoms with van der Waals surface area (Å²) in [6.45, 7) is -0.0543. The van der Waals surface area contributed by atoms with Crippen LogP contribution < -0.4 is 0 Å². The first-order chi connectivity index (χ1) is 13.2. The van der Waals surface area contributed by atoms with Crippen LogP contribution in [0.1, 0.15) is 50.8 Å². The summed E-state index contributed by atoms with van der Waals surface area (Å²) in [5, 5.41) is 0.804. The van der Waals surface area contributed by atoms with Gasteiger partial charge in [0.2, 0.25) is 5.76 Å². The number of pyridine rings is 1. The molecule has 0 radical (unpaired) electrons. The Hall–Kier alpha value is -3.15. The first-order valence-corrected chi connectivity index (χ1v) is 8.92. The van der Waals surface area contributed by atoms with Gasteiger partial charge in [-0.25, -0.2) is 9.59 Å². The van der Waals surface area contributed by atoms with E-state index >= 15 is 0 Å². The molecule has 6 nitrogen and oxygen atoms in total. The zero-order valence-electron chi connectivity index (χ0n) is 15.0. The van der Waals surface area contributed by atoms with Crippen LogP contribution in [0.2, 0.25) is 0 Å². The second-order valence-electron chi connectivity index (χ2n) is 6.47. The zero-order valence-corrected chi connectivity index (χ0v) is 15.0. The molecule has 0 saturated heterocycles. The third kappa shape index (κ3) is 3.30. The Morgan fingerprint density at radius 1 is 1.07 bits per heavy atom. The van der Waals surface area contributed by atoms with E-state index in [0.717, 1.165) is 47.8 Å². The molecule has 138 valence electrons. The van der Waals surface area contributed by atoms with E-state index in [-0.39, 0.29) is 12.4 Å². The van der Waals surface area contributed by atoms with Gasteiger partial charge in [0.15, 0.2) is 0 Å². The lowest BCUT2D eigenvalue weighted by Gasteiger charge is -2.19. The van der Waals surface area contributed by atoms with Gasteiger partial charge < -0.3 is 13.9 Å². The van der Waals surface area contributed by atoms with Crippen molar-refractivity contribution in [2.75, 3.05) is 7.11 Å². The van der Waals surface area contributed by atoms with Crippen LogP contribution >= 0.6 is 0 Å². The lowest BCUT2D eigenvalue weighted by molar-refractivity contribution is 0.0439. The summed E-state index contributed by atoms with van der Waals surface area (Å²) < 4.78 is 15.5. The number of ether oxygens (including phenoxy) is 2. The zero-order chi connectivity index (χ0) is 18.8. The maximum Gasteiger partial charge on any atom is 0.373 e. The van der Waals surface area contributed by atoms with Gasteiger partial charge in [0, 0.05) is 11.1 Å². The normalized spacial score (nSPS) is 13.2. The lowest BCUT2D eigenvalue weighted by Crippen LogP contribution is -2.15. The number of furan rings is 1. The van der Waals surface area contributed by atoms with E-state index in [0.29, 0.717) is 11.3 Å². The Morgan fingerprint density at radius 2 is 1.89 bits per heavy atom. The van der Waals surface area contributed by atoms with Crippen molar-refractivity contribution < 1.29 is 23.5 Å². The highest BCUT2D eigenvalue weighted by molar-refractivity contribution is 6.05. The van der Waals surface area contributed by atoms with Crippen molar-refractivity contribution in [2.45, 2.75) is 32.3 Å². The fourth-order valence-electron chi connectivity index (χ4n) is 3.48. The van der Waals surface area contributed by atoms with Gasteiger partial charge in [-0.15, -0.1) is 0 Å². The van der Waals surface area contributed by atoms with Crippen LogP contribution in [-0.4, -0.2) is 24.0 Å². The van der Waals surface area contributed by atoms with Crippen LogP contribution in [0.4, 0.5) is 0 Å². The average Bonchev–Trinajstić information content (AvgIpc) is 3.18. The molecule has 1 aliphatic carbocycles. The predicted octanol–water partition coefficient (Wildman–Crippen LogP) is 3.85. The second-order valence-corrected chi connectivity index (χ2v) is 6.47. The SMILES string of the molecule is COC(=O)c1ccc(COC(=O)c2c3c(nc4ccccc24)CCCC3)o1. The van der Waals surface area contributed by atoms with E-state index in [4.69, 9.17) is 14.1 Å². The van der Waals surface area contributed by atoms with Gasteiger partial charge in [-0.3, -0.25) is 4.98 Å². The highest BCUT2D eigenvalue weighted by atomic mass is 16.5. The number of nitrogens with zero attached hydrogens (tertiary/aromatic N) is 1. The van der Waals surface area contributed by atoms with Gasteiger partial charge in [-0.1, -0.05) is 18.2 Å². The summed E-state index contributed by atoms with van der Waals surface area (Å²) in [5.41, 5.74) is 3.36. The molecule has 0 unspecified atom stereocenters. The highest BCUT2D eigenvalue weighted by Gasteiger charge is 2.24. The summed E-state index contributed by atoms with van der Waals surface area (Å²) in [5.74, 6) is -0.504. The Kier molecular flexibility index (Phi) is 4.62. The van der Waals surface area contributed by atoms with Gasteiger partial charge in [0.25, 0.3) is 0 Å². The Balaban J connectivity index is 1.62. The summed E-state index contributed by atoms with van der Waals surface area (Å²) in [6, 6.07) is 10.7. The molecule has 0 atom stereocenters. The number of aryl methyl sites for hydroxylation is 1. The average molecular weight is 365 g/mol. The third-order valence-electron chi connectivity index (χ3n) is 4.77. The van der Waals surface area contributed by atoms with Gasteiger partial charge >= 0.3 is 11.9 Å². The van der Waals surface area contributed by atoms with E-state index < -0.39 is 11.9 Å². The number of benzene rings is 1. The molecule has 27 heavy (non-hydrogen) atoms. The standard InChI is InChI=1S/C21H19NO5/c1-25-20(23)18-11-10-13(27-18)12-26-21(24)19-14-6-2-4-8-16(14)22-17-9-5-3-7-15(17)19/h2,4,6,8,10-11H,3,5,7,9,12H2,1H3. The predicted molar refractivity (Wildman–Crippen MR) is 97.6 cm³/mol. The van der Waals surface area contributed by atoms with Crippen LogP contribution in [0.25, 0.3) is 10.9 Å². The maximum absolute atomic E-state index is 12.9. The number of hydrogen-bond donors (Lipinski definition) is 0. The van der Waals surface area contributed by atoms with Crippen LogP contribution in [0.15, 0.2) is 40.8 Å². The van der Waals surface area contributed by atoms with Crippen LogP contribution in [0.5, 0.6) is 0 Å². The Labute approximate surface area is 156 Å². The maximum atomic E-state index is 12.9. The van der Waals surface area contributed by atoms with Crippen molar-refractivity contribution in [3.63, 3.8) is 0 Å². The van der Waals surface area contributed by atoms with Gasteiger partial charge in [0.05, 0.1) is 18.2 Å². The van der Waals surface area contributed by atoms with Crippen molar-refractivity contribution in [2.24, 2.45) is 0 Å². The molecule has 4 rings (SSSR count). The molecule has 2 heterocycles.